The molecule has 0 unspecified atom stereocenters. The number of benzene rings is 2. The molecule has 5 nitrogen and oxygen atoms in total. The van der Waals surface area contributed by atoms with Gasteiger partial charge >= 0.3 is 182 Å². The molecular formula is C18H15F8O5PSi. The Morgan fingerprint density at radius 1 is 0.515 bits per heavy atom. The Kier molecular flexibility index (Phi) is 5.30. The summed E-state index contributed by atoms with van der Waals surface area (Å²) in [5, 5.41) is 0. The van der Waals surface area contributed by atoms with Crippen LogP contribution in [0.15, 0.2) is 0 Å². The average Bonchev–Trinajstić information content (AvgIpc) is 3.33. The predicted octanol–water partition coefficient (Wildman–Crippen LogP) is 5.94. The van der Waals surface area contributed by atoms with Crippen LogP contribution in [0.5, 0.6) is 23.0 Å². The van der Waals surface area contributed by atoms with Gasteiger partial charge in [0.05, 0.1) is 0 Å². The van der Waals surface area contributed by atoms with Gasteiger partial charge in [-0.15, -0.1) is 0 Å². The van der Waals surface area contributed by atoms with Crippen LogP contribution in [0.25, 0.3) is 0 Å². The zero-order valence-corrected chi connectivity index (χ0v) is 19.0. The van der Waals surface area contributed by atoms with Gasteiger partial charge in [0.15, 0.2) is 0 Å². The van der Waals surface area contributed by atoms with Crippen LogP contribution in [0.2, 0.25) is 0 Å². The van der Waals surface area contributed by atoms with Crippen molar-refractivity contribution in [3.05, 3.63) is 46.5 Å². The van der Waals surface area contributed by atoms with Crippen LogP contribution in [0.1, 0.15) is 20.8 Å². The molecule has 0 N–H and O–H groups in total. The Balaban J connectivity index is 1.99. The molecular weight excluding hydrogens is 507 g/mol. The first kappa shape index (κ1) is 23.8. The fourth-order valence-electron chi connectivity index (χ4n) is 3.59. The maximum atomic E-state index is 14.5. The summed E-state index contributed by atoms with van der Waals surface area (Å²) in [4.78, 5) is 0. The molecule has 0 aromatic heterocycles. The molecule has 2 aromatic carbocycles. The van der Waals surface area contributed by atoms with E-state index in [1.54, 1.807) is 20.8 Å². The van der Waals surface area contributed by atoms with Gasteiger partial charge in [0.2, 0.25) is 0 Å². The van der Waals surface area contributed by atoms with Crippen molar-refractivity contribution in [3.8, 4) is 23.0 Å². The second-order valence-electron chi connectivity index (χ2n) is 7.17. The van der Waals surface area contributed by atoms with Crippen molar-refractivity contribution < 1.29 is 57.0 Å². The van der Waals surface area contributed by atoms with E-state index in [0.29, 0.717) is 0 Å². The van der Waals surface area contributed by atoms with Gasteiger partial charge in [-0.05, 0) is 0 Å². The van der Waals surface area contributed by atoms with Gasteiger partial charge in [-0.1, -0.05) is 0 Å². The molecule has 0 radical (unpaired) electrons. The molecule has 0 fully saturated rings. The summed E-state index contributed by atoms with van der Waals surface area (Å²) in [5.41, 5.74) is 0. The van der Waals surface area contributed by atoms with Crippen molar-refractivity contribution in [1.82, 2.24) is 0 Å². The quantitative estimate of drug-likeness (QED) is 0.160. The second-order valence-corrected chi connectivity index (χ2v) is 14.4. The van der Waals surface area contributed by atoms with Gasteiger partial charge in [0, 0.05) is 0 Å². The van der Waals surface area contributed by atoms with Gasteiger partial charge in [-0.25, -0.2) is 0 Å². The van der Waals surface area contributed by atoms with E-state index in [2.05, 4.69) is 0 Å². The molecule has 2 aliphatic heterocycles. The Hall–Kier alpha value is -2.31. The van der Waals surface area contributed by atoms with Crippen LogP contribution in [0.3, 0.4) is 0 Å². The Bertz CT molecular complexity index is 1020. The molecule has 0 aliphatic carbocycles. The van der Waals surface area contributed by atoms with E-state index in [4.69, 9.17) is 21.9 Å². The maximum absolute atomic E-state index is 14.5. The molecule has 15 heteroatoms. The first-order valence-electron chi connectivity index (χ1n) is 9.60. The standard InChI is InChI=1S/C18H15F8O5PSi/c1-4-32(5-2,6-3)31-33(27-15-11(23)7(19)8(20)12(24)16(15)28-33)29-17-13(25)9(21)10(22)14(26)18(17)30-33/h4-6H2,1-3H3. The summed E-state index contributed by atoms with van der Waals surface area (Å²) in [5.74, 6) is -23.0. The third kappa shape index (κ3) is 3.10. The monoisotopic (exact) mass is 522 g/mol. The molecule has 1 spiro atoms. The zero-order chi connectivity index (χ0) is 24.5. The Morgan fingerprint density at radius 3 is 0.970 bits per heavy atom. The minimum absolute atomic E-state index is 0.233. The topological polar surface area (TPSA) is 46.2 Å². The molecule has 0 saturated carbocycles. The van der Waals surface area contributed by atoms with Crippen LogP contribution >= 0.6 is 7.49 Å². The second kappa shape index (κ2) is 7.34. The molecule has 2 aliphatic rings. The van der Waals surface area contributed by atoms with E-state index in [0.717, 1.165) is 0 Å². The van der Waals surface area contributed by atoms with Crippen molar-refractivity contribution in [3.63, 3.8) is 0 Å². The molecule has 2 heterocycles. The number of hydrogen-bond donors (Lipinski definition) is 0. The molecule has 0 amide bonds. The molecule has 0 atom stereocenters. The normalized spacial score (nSPS) is 18.5. The SMILES string of the molecule is CC[P+](CC)(CC)O[Si-]12(Oc3c(F)c(F)c(F)c(F)c3O1)Oc1c(F)c(F)c(F)c(F)c1O2. The number of fused-ring (bicyclic) bond motifs is 2. The molecule has 4 rings (SSSR count). The van der Waals surface area contributed by atoms with E-state index in [1.807, 2.05) is 0 Å². The zero-order valence-electron chi connectivity index (χ0n) is 17.1. The van der Waals surface area contributed by atoms with Gasteiger partial charge in [0.25, 0.3) is 0 Å². The first-order chi connectivity index (χ1) is 15.4. The van der Waals surface area contributed by atoms with Crippen LogP contribution in [0.4, 0.5) is 35.1 Å². The minimum atomic E-state index is -6.47. The molecule has 182 valence electrons. The third-order valence-corrected chi connectivity index (χ3v) is 13.9. The first-order valence-corrected chi connectivity index (χ1v) is 13.9. The van der Waals surface area contributed by atoms with Crippen molar-refractivity contribution in [2.24, 2.45) is 0 Å². The van der Waals surface area contributed by atoms with Crippen LogP contribution in [0, 0.1) is 46.5 Å². The molecule has 2 aromatic rings. The number of rotatable bonds is 5. The van der Waals surface area contributed by atoms with E-state index < -0.39 is 85.6 Å². The summed E-state index contributed by atoms with van der Waals surface area (Å²) in [7, 11) is -9.24. The van der Waals surface area contributed by atoms with Gasteiger partial charge in [0.1, 0.15) is 0 Å². The fourth-order valence-corrected chi connectivity index (χ4v) is 11.9. The number of hydrogen-bond acceptors (Lipinski definition) is 5. The van der Waals surface area contributed by atoms with Crippen molar-refractivity contribution >= 4 is 16.1 Å². The number of halogens is 8. The summed E-state index contributed by atoms with van der Waals surface area (Å²) in [6, 6.07) is 0. The van der Waals surface area contributed by atoms with Crippen LogP contribution in [-0.4, -0.2) is 27.1 Å². The van der Waals surface area contributed by atoms with Gasteiger partial charge < -0.3 is 0 Å². The van der Waals surface area contributed by atoms with Gasteiger partial charge in [-0.2, -0.15) is 0 Å². The van der Waals surface area contributed by atoms with Gasteiger partial charge in [-0.3, -0.25) is 0 Å². The van der Waals surface area contributed by atoms with Crippen molar-refractivity contribution in [2.75, 3.05) is 18.5 Å². The molecule has 33 heavy (non-hydrogen) atoms. The summed E-state index contributed by atoms with van der Waals surface area (Å²) in [6.07, 6.45) is 0.699. The fraction of sp³-hybridized carbons (Fsp3) is 0.333. The Morgan fingerprint density at radius 2 is 0.758 bits per heavy atom. The van der Waals surface area contributed by atoms with Crippen LogP contribution < -0.4 is 17.7 Å². The average molecular weight is 522 g/mol. The van der Waals surface area contributed by atoms with Crippen molar-refractivity contribution in [1.29, 1.82) is 0 Å². The predicted molar refractivity (Wildman–Crippen MR) is 100 cm³/mol. The molecule has 0 bridgehead atoms. The third-order valence-electron chi connectivity index (χ3n) is 5.51. The van der Waals surface area contributed by atoms with Crippen LogP contribution in [-0.2, 0) is 4.21 Å². The van der Waals surface area contributed by atoms with E-state index in [9.17, 15) is 35.1 Å². The Labute approximate surface area is 182 Å². The molecule has 0 saturated heterocycles. The summed E-state index contributed by atoms with van der Waals surface area (Å²) < 4.78 is 140. The van der Waals surface area contributed by atoms with E-state index >= 15 is 0 Å². The summed E-state index contributed by atoms with van der Waals surface area (Å²) >= 11 is 0. The van der Waals surface area contributed by atoms with E-state index in [1.165, 1.54) is 0 Å². The summed E-state index contributed by atoms with van der Waals surface area (Å²) in [6.45, 7) is 4.94. The van der Waals surface area contributed by atoms with Crippen molar-refractivity contribution in [2.45, 2.75) is 20.8 Å². The van der Waals surface area contributed by atoms with E-state index in [-0.39, 0.29) is 18.5 Å².